The number of hydrogen-bond acceptors (Lipinski definition) is 3. The van der Waals surface area contributed by atoms with Gasteiger partial charge >= 0.3 is 0 Å². The maximum absolute atomic E-state index is 5.43. The minimum Gasteiger partial charge on any atom is -0.356 e. The van der Waals surface area contributed by atoms with Crippen LogP contribution in [0.25, 0.3) is 11.3 Å². The van der Waals surface area contributed by atoms with Crippen LogP contribution in [0.5, 0.6) is 0 Å². The smallest absolute Gasteiger partial charge is 0.194 e. The molecule has 0 radical (unpaired) electrons. The molecule has 1 N–H and O–H groups in total. The molecule has 136 valence electrons. The molecule has 0 saturated heterocycles. The highest BCUT2D eigenvalue weighted by molar-refractivity contribution is 14.0. The van der Waals surface area contributed by atoms with Crippen LogP contribution in [0.3, 0.4) is 0 Å². The van der Waals surface area contributed by atoms with Crippen molar-refractivity contribution in [3.05, 3.63) is 78.0 Å². The van der Waals surface area contributed by atoms with Gasteiger partial charge in [-0.1, -0.05) is 65.8 Å². The molecule has 0 unspecified atom stereocenters. The van der Waals surface area contributed by atoms with Gasteiger partial charge in [-0.3, -0.25) is 4.99 Å². The molecule has 0 spiro atoms. The van der Waals surface area contributed by atoms with Crippen LogP contribution in [0, 0.1) is 0 Å². The fraction of sp³-hybridized carbons (Fsp3) is 0.200. The summed E-state index contributed by atoms with van der Waals surface area (Å²) in [5, 5.41) is 7.46. The fourth-order valence-corrected chi connectivity index (χ4v) is 2.62. The van der Waals surface area contributed by atoms with E-state index in [0.29, 0.717) is 6.54 Å². The molecule has 0 saturated carbocycles. The van der Waals surface area contributed by atoms with Crippen molar-refractivity contribution in [1.82, 2.24) is 15.4 Å². The molecule has 0 atom stereocenters. The maximum Gasteiger partial charge on any atom is 0.194 e. The van der Waals surface area contributed by atoms with Crippen molar-refractivity contribution in [1.29, 1.82) is 0 Å². The SMILES string of the molecule is CN=C(NCc1cc(-c2ccccc2)on1)N(C)Cc1ccccc1.I. The molecular formula is C20H23IN4O. The third-order valence-electron chi connectivity index (χ3n) is 3.88. The number of rotatable bonds is 5. The van der Waals surface area contributed by atoms with Gasteiger partial charge in [0.1, 0.15) is 5.69 Å². The first-order valence-electron chi connectivity index (χ1n) is 8.23. The van der Waals surface area contributed by atoms with Crippen LogP contribution in [0.1, 0.15) is 11.3 Å². The molecule has 6 heteroatoms. The Labute approximate surface area is 171 Å². The molecule has 0 aliphatic heterocycles. The van der Waals surface area contributed by atoms with Crippen molar-refractivity contribution in [3.8, 4) is 11.3 Å². The van der Waals surface area contributed by atoms with E-state index >= 15 is 0 Å². The molecule has 2 aromatic carbocycles. The van der Waals surface area contributed by atoms with E-state index in [1.54, 1.807) is 7.05 Å². The second kappa shape index (κ2) is 9.96. The van der Waals surface area contributed by atoms with Crippen LogP contribution in [-0.2, 0) is 13.1 Å². The monoisotopic (exact) mass is 462 g/mol. The fourth-order valence-electron chi connectivity index (χ4n) is 2.62. The summed E-state index contributed by atoms with van der Waals surface area (Å²) < 4.78 is 5.43. The molecule has 0 aliphatic carbocycles. The lowest BCUT2D eigenvalue weighted by Gasteiger charge is -2.21. The van der Waals surface area contributed by atoms with Gasteiger partial charge in [0.15, 0.2) is 11.7 Å². The molecule has 0 bridgehead atoms. The van der Waals surface area contributed by atoms with Crippen LogP contribution < -0.4 is 5.32 Å². The minimum absolute atomic E-state index is 0. The molecule has 26 heavy (non-hydrogen) atoms. The second-order valence-corrected chi connectivity index (χ2v) is 5.79. The number of aromatic nitrogens is 1. The van der Waals surface area contributed by atoms with Crippen molar-refractivity contribution in [2.75, 3.05) is 14.1 Å². The molecule has 3 aromatic rings. The van der Waals surface area contributed by atoms with E-state index in [4.69, 9.17) is 4.52 Å². The third kappa shape index (κ3) is 5.32. The Morgan fingerprint density at radius 1 is 1.08 bits per heavy atom. The standard InChI is InChI=1S/C20H22N4O.HI/c1-21-20(24(2)15-16-9-5-3-6-10-16)22-14-18-13-19(25-23-18)17-11-7-4-8-12-17;/h3-13H,14-15H2,1-2H3,(H,21,22);1H. The van der Waals surface area contributed by atoms with E-state index in [9.17, 15) is 0 Å². The summed E-state index contributed by atoms with van der Waals surface area (Å²) in [4.78, 5) is 6.41. The zero-order valence-corrected chi connectivity index (χ0v) is 17.3. The second-order valence-electron chi connectivity index (χ2n) is 5.79. The van der Waals surface area contributed by atoms with Crippen molar-refractivity contribution < 1.29 is 4.52 Å². The van der Waals surface area contributed by atoms with Gasteiger partial charge in [0, 0.05) is 32.3 Å². The molecule has 0 amide bonds. The molecular weight excluding hydrogens is 439 g/mol. The molecule has 1 heterocycles. The Balaban J connectivity index is 0.00000243. The summed E-state index contributed by atoms with van der Waals surface area (Å²) in [6.45, 7) is 1.34. The summed E-state index contributed by atoms with van der Waals surface area (Å²) in [6.07, 6.45) is 0. The first kappa shape index (κ1) is 20.0. The average Bonchev–Trinajstić information content (AvgIpc) is 3.13. The Kier molecular flexibility index (Phi) is 7.65. The van der Waals surface area contributed by atoms with E-state index in [0.717, 1.165) is 29.5 Å². The van der Waals surface area contributed by atoms with Crippen molar-refractivity contribution in [2.24, 2.45) is 4.99 Å². The highest BCUT2D eigenvalue weighted by Crippen LogP contribution is 2.19. The van der Waals surface area contributed by atoms with Gasteiger partial charge in [0.25, 0.3) is 0 Å². The van der Waals surface area contributed by atoms with Gasteiger partial charge in [-0.15, -0.1) is 24.0 Å². The van der Waals surface area contributed by atoms with Crippen molar-refractivity contribution in [3.63, 3.8) is 0 Å². The van der Waals surface area contributed by atoms with Gasteiger partial charge in [-0.25, -0.2) is 0 Å². The topological polar surface area (TPSA) is 53.7 Å². The Morgan fingerprint density at radius 2 is 1.73 bits per heavy atom. The lowest BCUT2D eigenvalue weighted by Crippen LogP contribution is -2.38. The summed E-state index contributed by atoms with van der Waals surface area (Å²) >= 11 is 0. The van der Waals surface area contributed by atoms with Gasteiger partial charge in [-0.05, 0) is 5.56 Å². The normalized spacial score (nSPS) is 10.9. The van der Waals surface area contributed by atoms with Gasteiger partial charge in [0.05, 0.1) is 6.54 Å². The van der Waals surface area contributed by atoms with Crippen LogP contribution in [0.4, 0.5) is 0 Å². The number of nitrogens with zero attached hydrogens (tertiary/aromatic N) is 3. The van der Waals surface area contributed by atoms with Crippen LogP contribution in [0.15, 0.2) is 76.2 Å². The van der Waals surface area contributed by atoms with E-state index in [1.165, 1.54) is 5.56 Å². The van der Waals surface area contributed by atoms with Crippen molar-refractivity contribution in [2.45, 2.75) is 13.1 Å². The quantitative estimate of drug-likeness (QED) is 0.352. The van der Waals surface area contributed by atoms with E-state index in [2.05, 4.69) is 32.5 Å². The Morgan fingerprint density at radius 3 is 2.38 bits per heavy atom. The molecule has 0 fully saturated rings. The number of hydrogen-bond donors (Lipinski definition) is 1. The highest BCUT2D eigenvalue weighted by atomic mass is 127. The minimum atomic E-state index is 0. The van der Waals surface area contributed by atoms with Crippen LogP contribution in [-0.4, -0.2) is 30.1 Å². The number of guanidine groups is 1. The summed E-state index contributed by atoms with van der Waals surface area (Å²) in [5.41, 5.74) is 3.10. The molecule has 3 rings (SSSR count). The summed E-state index contributed by atoms with van der Waals surface area (Å²) in [5.74, 6) is 1.58. The highest BCUT2D eigenvalue weighted by Gasteiger charge is 2.09. The predicted molar refractivity (Wildman–Crippen MR) is 115 cm³/mol. The van der Waals surface area contributed by atoms with Crippen LogP contribution in [0.2, 0.25) is 0 Å². The average molecular weight is 462 g/mol. The van der Waals surface area contributed by atoms with Crippen LogP contribution >= 0.6 is 24.0 Å². The number of halogens is 1. The zero-order valence-electron chi connectivity index (χ0n) is 14.9. The molecule has 0 aliphatic rings. The predicted octanol–water partition coefficient (Wildman–Crippen LogP) is 4.17. The number of nitrogens with one attached hydrogen (secondary N) is 1. The first-order valence-corrected chi connectivity index (χ1v) is 8.23. The summed E-state index contributed by atoms with van der Waals surface area (Å²) in [6, 6.07) is 22.2. The van der Waals surface area contributed by atoms with E-state index < -0.39 is 0 Å². The maximum atomic E-state index is 5.43. The zero-order chi connectivity index (χ0) is 17.5. The number of benzene rings is 2. The van der Waals surface area contributed by atoms with E-state index in [1.807, 2.05) is 61.6 Å². The molecule has 1 aromatic heterocycles. The Bertz CT molecular complexity index is 818. The third-order valence-corrected chi connectivity index (χ3v) is 3.88. The summed E-state index contributed by atoms with van der Waals surface area (Å²) in [7, 11) is 3.79. The first-order chi connectivity index (χ1) is 12.3. The largest absolute Gasteiger partial charge is 0.356 e. The van der Waals surface area contributed by atoms with Gasteiger partial charge < -0.3 is 14.7 Å². The number of aliphatic imine (C=N–C) groups is 1. The van der Waals surface area contributed by atoms with E-state index in [-0.39, 0.29) is 24.0 Å². The molecule has 5 nitrogen and oxygen atoms in total. The lowest BCUT2D eigenvalue weighted by atomic mass is 10.2. The van der Waals surface area contributed by atoms with Crippen molar-refractivity contribution >= 4 is 29.9 Å². The van der Waals surface area contributed by atoms with Gasteiger partial charge in [-0.2, -0.15) is 0 Å². The van der Waals surface area contributed by atoms with Gasteiger partial charge in [0.2, 0.25) is 0 Å². The Hall–Kier alpha value is -2.35. The lowest BCUT2D eigenvalue weighted by molar-refractivity contribution is 0.420.